The SMILES string of the molecule is Cc1nnc(C)n1N=Cc1ccc(OCC(N)=O)cc1. The van der Waals surface area contributed by atoms with Crippen LogP contribution in [-0.4, -0.2) is 33.6 Å². The Bertz CT molecular complexity index is 611. The van der Waals surface area contributed by atoms with Crippen molar-refractivity contribution < 1.29 is 9.53 Å². The van der Waals surface area contributed by atoms with Gasteiger partial charge < -0.3 is 10.5 Å². The summed E-state index contributed by atoms with van der Waals surface area (Å²) in [6.45, 7) is 3.53. The first-order valence-corrected chi connectivity index (χ1v) is 6.00. The predicted molar refractivity (Wildman–Crippen MR) is 73.6 cm³/mol. The summed E-state index contributed by atoms with van der Waals surface area (Å²) in [5, 5.41) is 12.1. The summed E-state index contributed by atoms with van der Waals surface area (Å²) in [5.74, 6) is 1.52. The lowest BCUT2D eigenvalue weighted by atomic mass is 10.2. The van der Waals surface area contributed by atoms with E-state index in [9.17, 15) is 4.79 Å². The van der Waals surface area contributed by atoms with Crippen LogP contribution in [-0.2, 0) is 4.79 Å². The molecule has 0 aliphatic heterocycles. The summed E-state index contributed by atoms with van der Waals surface area (Å²) in [6.07, 6.45) is 1.70. The molecule has 7 heteroatoms. The molecule has 2 N–H and O–H groups in total. The minimum absolute atomic E-state index is 0.132. The molecule has 0 saturated heterocycles. The van der Waals surface area contributed by atoms with E-state index in [0.717, 1.165) is 17.2 Å². The maximum absolute atomic E-state index is 10.6. The van der Waals surface area contributed by atoms with Crippen molar-refractivity contribution >= 4 is 12.1 Å². The molecular formula is C13H15N5O2. The summed E-state index contributed by atoms with van der Waals surface area (Å²) >= 11 is 0. The van der Waals surface area contributed by atoms with E-state index < -0.39 is 5.91 Å². The fourth-order valence-corrected chi connectivity index (χ4v) is 1.56. The van der Waals surface area contributed by atoms with Crippen molar-refractivity contribution in [1.29, 1.82) is 0 Å². The third-order valence-electron chi connectivity index (χ3n) is 2.54. The van der Waals surface area contributed by atoms with Gasteiger partial charge in [0.05, 0.1) is 6.21 Å². The number of ether oxygens (including phenoxy) is 1. The van der Waals surface area contributed by atoms with Gasteiger partial charge in [0.15, 0.2) is 18.3 Å². The van der Waals surface area contributed by atoms with Gasteiger partial charge in [-0.15, -0.1) is 10.2 Å². The first kappa shape index (κ1) is 13.7. The molecule has 104 valence electrons. The largest absolute Gasteiger partial charge is 0.484 e. The second kappa shape index (κ2) is 5.96. The number of benzene rings is 1. The lowest BCUT2D eigenvalue weighted by Gasteiger charge is -2.03. The molecule has 0 aliphatic rings. The van der Waals surface area contributed by atoms with Crippen LogP contribution >= 0.6 is 0 Å². The smallest absolute Gasteiger partial charge is 0.255 e. The number of nitrogens with two attached hydrogens (primary N) is 1. The summed E-state index contributed by atoms with van der Waals surface area (Å²) in [7, 11) is 0. The second-order valence-corrected chi connectivity index (χ2v) is 4.17. The topological polar surface area (TPSA) is 95.4 Å². The molecule has 0 fully saturated rings. The number of carbonyl (C=O) groups excluding carboxylic acids is 1. The number of hydrogen-bond acceptors (Lipinski definition) is 5. The number of carbonyl (C=O) groups is 1. The van der Waals surface area contributed by atoms with Crippen molar-refractivity contribution in [2.45, 2.75) is 13.8 Å². The van der Waals surface area contributed by atoms with Gasteiger partial charge in [0.1, 0.15) is 5.75 Å². The fraction of sp³-hybridized carbons (Fsp3) is 0.231. The zero-order valence-corrected chi connectivity index (χ0v) is 11.3. The maximum Gasteiger partial charge on any atom is 0.255 e. The third-order valence-corrected chi connectivity index (χ3v) is 2.54. The highest BCUT2D eigenvalue weighted by molar-refractivity contribution is 5.79. The van der Waals surface area contributed by atoms with Gasteiger partial charge in [0.25, 0.3) is 5.91 Å². The van der Waals surface area contributed by atoms with Gasteiger partial charge in [-0.3, -0.25) is 4.79 Å². The standard InChI is InChI=1S/C13H15N5O2/c1-9-16-17-10(2)18(9)15-7-11-3-5-12(6-4-11)20-8-13(14)19/h3-7H,8H2,1-2H3,(H2,14,19). The molecule has 0 unspecified atom stereocenters. The first-order chi connectivity index (χ1) is 9.56. The molecular weight excluding hydrogens is 258 g/mol. The lowest BCUT2D eigenvalue weighted by Crippen LogP contribution is -2.19. The van der Waals surface area contributed by atoms with Crippen LogP contribution in [0.25, 0.3) is 0 Å². The Morgan fingerprint density at radius 3 is 2.45 bits per heavy atom. The molecule has 7 nitrogen and oxygen atoms in total. The first-order valence-electron chi connectivity index (χ1n) is 6.00. The zero-order chi connectivity index (χ0) is 14.5. The fourth-order valence-electron chi connectivity index (χ4n) is 1.56. The van der Waals surface area contributed by atoms with Crippen LogP contribution in [0.15, 0.2) is 29.4 Å². The number of aryl methyl sites for hydroxylation is 2. The Hall–Kier alpha value is -2.70. The number of amides is 1. The van der Waals surface area contributed by atoms with E-state index in [1.165, 1.54) is 0 Å². The quantitative estimate of drug-likeness (QED) is 0.809. The third kappa shape index (κ3) is 3.41. The van der Waals surface area contributed by atoms with Gasteiger partial charge in [-0.05, 0) is 43.7 Å². The van der Waals surface area contributed by atoms with Crippen molar-refractivity contribution in [1.82, 2.24) is 14.9 Å². The van der Waals surface area contributed by atoms with Crippen molar-refractivity contribution in [3.8, 4) is 5.75 Å². The molecule has 2 rings (SSSR count). The van der Waals surface area contributed by atoms with E-state index in [2.05, 4.69) is 15.3 Å². The molecule has 0 bridgehead atoms. The number of primary amides is 1. The molecule has 0 saturated carbocycles. The van der Waals surface area contributed by atoms with E-state index in [0.29, 0.717) is 5.75 Å². The number of hydrogen-bond donors (Lipinski definition) is 1. The number of aromatic nitrogens is 3. The summed E-state index contributed by atoms with van der Waals surface area (Å²) in [5.41, 5.74) is 5.89. The lowest BCUT2D eigenvalue weighted by molar-refractivity contribution is -0.119. The summed E-state index contributed by atoms with van der Waals surface area (Å²) < 4.78 is 6.82. The van der Waals surface area contributed by atoms with Gasteiger partial charge in [-0.2, -0.15) is 5.10 Å². The van der Waals surface area contributed by atoms with E-state index in [-0.39, 0.29) is 6.61 Å². The monoisotopic (exact) mass is 273 g/mol. The molecule has 0 atom stereocenters. The predicted octanol–water partition coefficient (Wildman–Crippen LogP) is 0.641. The highest BCUT2D eigenvalue weighted by Crippen LogP contribution is 2.11. The minimum atomic E-state index is -0.505. The Balaban J connectivity index is 2.05. The molecule has 0 spiro atoms. The Morgan fingerprint density at radius 2 is 1.90 bits per heavy atom. The van der Waals surface area contributed by atoms with E-state index in [1.807, 2.05) is 26.0 Å². The molecule has 1 amide bonds. The van der Waals surface area contributed by atoms with Crippen LogP contribution in [0.1, 0.15) is 17.2 Å². The van der Waals surface area contributed by atoms with Gasteiger partial charge in [-0.25, -0.2) is 4.68 Å². The van der Waals surface area contributed by atoms with Crippen molar-refractivity contribution in [3.05, 3.63) is 41.5 Å². The molecule has 0 radical (unpaired) electrons. The van der Waals surface area contributed by atoms with E-state index >= 15 is 0 Å². The maximum atomic E-state index is 10.6. The molecule has 1 aromatic carbocycles. The van der Waals surface area contributed by atoms with E-state index in [4.69, 9.17) is 10.5 Å². The summed E-state index contributed by atoms with van der Waals surface area (Å²) in [4.78, 5) is 10.6. The zero-order valence-electron chi connectivity index (χ0n) is 11.3. The van der Waals surface area contributed by atoms with Gasteiger partial charge >= 0.3 is 0 Å². The highest BCUT2D eigenvalue weighted by atomic mass is 16.5. The van der Waals surface area contributed by atoms with E-state index in [1.54, 1.807) is 23.0 Å². The van der Waals surface area contributed by atoms with Crippen LogP contribution in [0.3, 0.4) is 0 Å². The van der Waals surface area contributed by atoms with Gasteiger partial charge in [0.2, 0.25) is 0 Å². The molecule has 1 heterocycles. The average molecular weight is 273 g/mol. The molecule has 1 aromatic heterocycles. The molecule has 20 heavy (non-hydrogen) atoms. The van der Waals surface area contributed by atoms with Crippen LogP contribution in [0.2, 0.25) is 0 Å². The summed E-state index contributed by atoms with van der Waals surface area (Å²) in [6, 6.07) is 7.15. The van der Waals surface area contributed by atoms with Crippen molar-refractivity contribution in [2.75, 3.05) is 6.61 Å². The Kier molecular flexibility index (Phi) is 4.09. The normalized spacial score (nSPS) is 10.9. The van der Waals surface area contributed by atoms with Gasteiger partial charge in [-0.1, -0.05) is 0 Å². The minimum Gasteiger partial charge on any atom is -0.484 e. The number of nitrogens with zero attached hydrogens (tertiary/aromatic N) is 4. The second-order valence-electron chi connectivity index (χ2n) is 4.17. The van der Waals surface area contributed by atoms with Crippen molar-refractivity contribution in [3.63, 3.8) is 0 Å². The van der Waals surface area contributed by atoms with Crippen molar-refractivity contribution in [2.24, 2.45) is 10.8 Å². The average Bonchev–Trinajstić information content (AvgIpc) is 2.75. The van der Waals surface area contributed by atoms with Crippen LogP contribution in [0.4, 0.5) is 0 Å². The van der Waals surface area contributed by atoms with Crippen LogP contribution in [0, 0.1) is 13.8 Å². The van der Waals surface area contributed by atoms with Crippen LogP contribution < -0.4 is 10.5 Å². The van der Waals surface area contributed by atoms with Crippen LogP contribution in [0.5, 0.6) is 5.75 Å². The highest BCUT2D eigenvalue weighted by Gasteiger charge is 2.01. The Morgan fingerprint density at radius 1 is 1.30 bits per heavy atom. The molecule has 2 aromatic rings. The molecule has 0 aliphatic carbocycles. The van der Waals surface area contributed by atoms with Gasteiger partial charge in [0, 0.05) is 0 Å². The Labute approximate surface area is 116 Å². The number of rotatable bonds is 5.